The molecule has 1 unspecified atom stereocenters. The molecule has 1 aromatic heterocycles. The summed E-state index contributed by atoms with van der Waals surface area (Å²) in [6.07, 6.45) is -0.0953. The molecule has 1 aromatic carbocycles. The molecule has 0 saturated heterocycles. The van der Waals surface area contributed by atoms with E-state index < -0.39 is 0 Å². The van der Waals surface area contributed by atoms with Crippen molar-refractivity contribution in [1.29, 1.82) is 0 Å². The lowest BCUT2D eigenvalue weighted by Crippen LogP contribution is -2.28. The van der Waals surface area contributed by atoms with E-state index in [4.69, 9.17) is 9.57 Å². The van der Waals surface area contributed by atoms with E-state index in [0.29, 0.717) is 19.0 Å². The van der Waals surface area contributed by atoms with E-state index in [2.05, 4.69) is 21.5 Å². The van der Waals surface area contributed by atoms with E-state index in [0.717, 1.165) is 5.13 Å². The van der Waals surface area contributed by atoms with E-state index in [1.165, 1.54) is 22.7 Å². The van der Waals surface area contributed by atoms with Gasteiger partial charge in [0.15, 0.2) is 5.82 Å². The molecule has 5 nitrogen and oxygen atoms in total. The molecule has 19 heavy (non-hydrogen) atoms. The number of ether oxygens (including phenoxy) is 1. The number of nitrogens with zero attached hydrogens (tertiary/aromatic N) is 3. The lowest BCUT2D eigenvalue weighted by Gasteiger charge is -2.27. The Balaban J connectivity index is 1.79. The standard InChI is InChI=1S/C13H15N3O2S/c1-9(17-2)12-14-13(19-15-12)16-7-10-5-3-4-6-11(10)8-18-16/h3-6,9H,7-8H2,1-2H3. The molecule has 100 valence electrons. The molecule has 1 aliphatic heterocycles. The topological polar surface area (TPSA) is 47.5 Å². The van der Waals surface area contributed by atoms with Crippen molar-refractivity contribution in [3.05, 3.63) is 41.2 Å². The zero-order chi connectivity index (χ0) is 13.2. The summed E-state index contributed by atoms with van der Waals surface area (Å²) in [4.78, 5) is 10.2. The monoisotopic (exact) mass is 277 g/mol. The largest absolute Gasteiger partial charge is 0.374 e. The minimum absolute atomic E-state index is 0.0953. The van der Waals surface area contributed by atoms with Gasteiger partial charge in [0.25, 0.3) is 0 Å². The van der Waals surface area contributed by atoms with E-state index in [1.807, 2.05) is 19.1 Å². The van der Waals surface area contributed by atoms with Crippen molar-refractivity contribution in [2.45, 2.75) is 26.2 Å². The molecule has 0 amide bonds. The van der Waals surface area contributed by atoms with Crippen LogP contribution in [0.2, 0.25) is 0 Å². The van der Waals surface area contributed by atoms with Crippen molar-refractivity contribution in [3.63, 3.8) is 0 Å². The summed E-state index contributed by atoms with van der Waals surface area (Å²) in [5.74, 6) is 0.699. The second-order valence-electron chi connectivity index (χ2n) is 4.39. The SMILES string of the molecule is COC(C)c1nsc(N2Cc3ccccc3CO2)n1. The fourth-order valence-corrected chi connectivity index (χ4v) is 2.63. The lowest BCUT2D eigenvalue weighted by molar-refractivity contribution is 0.0772. The quantitative estimate of drug-likeness (QED) is 0.863. The van der Waals surface area contributed by atoms with Gasteiger partial charge >= 0.3 is 0 Å². The fourth-order valence-electron chi connectivity index (χ4n) is 1.92. The highest BCUT2D eigenvalue weighted by molar-refractivity contribution is 7.09. The fraction of sp³-hybridized carbons (Fsp3) is 0.385. The normalized spacial score (nSPS) is 16.2. The Kier molecular flexibility index (Phi) is 3.46. The number of hydroxylamine groups is 1. The first-order valence-corrected chi connectivity index (χ1v) is 6.89. The molecule has 0 aliphatic carbocycles. The number of anilines is 1. The van der Waals surface area contributed by atoms with Crippen molar-refractivity contribution >= 4 is 16.7 Å². The van der Waals surface area contributed by atoms with Gasteiger partial charge in [0.2, 0.25) is 5.13 Å². The van der Waals surface area contributed by atoms with Gasteiger partial charge in [-0.05, 0) is 18.1 Å². The van der Waals surface area contributed by atoms with Gasteiger partial charge in [0.05, 0.1) is 6.54 Å². The minimum Gasteiger partial charge on any atom is -0.374 e. The highest BCUT2D eigenvalue weighted by atomic mass is 32.1. The molecule has 3 rings (SSSR count). The Hall–Kier alpha value is -1.50. The average molecular weight is 277 g/mol. The second kappa shape index (κ2) is 5.24. The van der Waals surface area contributed by atoms with Gasteiger partial charge in [-0.2, -0.15) is 9.36 Å². The summed E-state index contributed by atoms with van der Waals surface area (Å²) in [5.41, 5.74) is 2.50. The Morgan fingerprint density at radius 3 is 2.95 bits per heavy atom. The number of benzene rings is 1. The third-order valence-corrected chi connectivity index (χ3v) is 3.91. The molecule has 0 saturated carbocycles. The Bertz CT molecular complexity index is 573. The maximum absolute atomic E-state index is 5.72. The van der Waals surface area contributed by atoms with Crippen LogP contribution in [-0.2, 0) is 22.7 Å². The first-order valence-electron chi connectivity index (χ1n) is 6.11. The van der Waals surface area contributed by atoms with Crippen molar-refractivity contribution in [2.24, 2.45) is 0 Å². The number of aromatic nitrogens is 2. The van der Waals surface area contributed by atoms with Gasteiger partial charge < -0.3 is 4.74 Å². The number of hydrogen-bond acceptors (Lipinski definition) is 6. The molecule has 0 fully saturated rings. The summed E-state index contributed by atoms with van der Waals surface area (Å²) in [6.45, 7) is 3.20. The van der Waals surface area contributed by atoms with Crippen LogP contribution >= 0.6 is 11.5 Å². The summed E-state index contributed by atoms with van der Waals surface area (Å²) >= 11 is 1.33. The predicted octanol–water partition coefficient (Wildman–Crippen LogP) is 2.70. The minimum atomic E-state index is -0.0953. The summed E-state index contributed by atoms with van der Waals surface area (Å²) in [7, 11) is 1.65. The van der Waals surface area contributed by atoms with Crippen LogP contribution in [-0.4, -0.2) is 16.5 Å². The molecule has 6 heteroatoms. The van der Waals surface area contributed by atoms with Gasteiger partial charge in [0, 0.05) is 18.6 Å². The summed E-state index contributed by atoms with van der Waals surface area (Å²) < 4.78 is 9.52. The molecule has 1 atom stereocenters. The molecule has 2 aromatic rings. The molecule has 0 spiro atoms. The molecule has 2 heterocycles. The summed E-state index contributed by atoms with van der Waals surface area (Å²) in [6, 6.07) is 8.28. The van der Waals surface area contributed by atoms with Gasteiger partial charge in [-0.25, -0.2) is 5.06 Å². The van der Waals surface area contributed by atoms with Crippen LogP contribution in [0.15, 0.2) is 24.3 Å². The van der Waals surface area contributed by atoms with E-state index in [9.17, 15) is 0 Å². The van der Waals surface area contributed by atoms with Crippen LogP contribution in [0.1, 0.15) is 30.0 Å². The van der Waals surface area contributed by atoms with E-state index in [-0.39, 0.29) is 6.10 Å². The molecular formula is C13H15N3O2S. The first-order chi connectivity index (χ1) is 9.28. The molecular weight excluding hydrogens is 262 g/mol. The van der Waals surface area contributed by atoms with Crippen LogP contribution in [0.3, 0.4) is 0 Å². The molecule has 0 N–H and O–H groups in total. The zero-order valence-corrected chi connectivity index (χ0v) is 11.7. The van der Waals surface area contributed by atoms with E-state index >= 15 is 0 Å². The Labute approximate surface area is 115 Å². The number of hydrogen-bond donors (Lipinski definition) is 0. The van der Waals surface area contributed by atoms with E-state index in [1.54, 1.807) is 12.2 Å². The molecule has 1 aliphatic rings. The van der Waals surface area contributed by atoms with Crippen LogP contribution in [0.5, 0.6) is 0 Å². The zero-order valence-electron chi connectivity index (χ0n) is 10.9. The van der Waals surface area contributed by atoms with Gasteiger partial charge in [-0.15, -0.1) is 0 Å². The van der Waals surface area contributed by atoms with Crippen LogP contribution < -0.4 is 5.06 Å². The molecule has 0 bridgehead atoms. The maximum atomic E-state index is 5.72. The van der Waals surface area contributed by atoms with Crippen molar-refractivity contribution in [2.75, 3.05) is 12.2 Å². The highest BCUT2D eigenvalue weighted by Crippen LogP contribution is 2.28. The van der Waals surface area contributed by atoms with Crippen molar-refractivity contribution in [1.82, 2.24) is 9.36 Å². The second-order valence-corrected chi connectivity index (χ2v) is 5.12. The Morgan fingerprint density at radius 1 is 1.37 bits per heavy atom. The Morgan fingerprint density at radius 2 is 2.16 bits per heavy atom. The number of methoxy groups -OCH3 is 1. The highest BCUT2D eigenvalue weighted by Gasteiger charge is 2.21. The summed E-state index contributed by atoms with van der Waals surface area (Å²) in [5, 5.41) is 2.57. The predicted molar refractivity (Wildman–Crippen MR) is 72.7 cm³/mol. The van der Waals surface area contributed by atoms with Crippen LogP contribution in [0.4, 0.5) is 5.13 Å². The van der Waals surface area contributed by atoms with Crippen molar-refractivity contribution < 1.29 is 9.57 Å². The van der Waals surface area contributed by atoms with Gasteiger partial charge in [-0.1, -0.05) is 24.3 Å². The third kappa shape index (κ3) is 2.47. The van der Waals surface area contributed by atoms with Gasteiger partial charge in [0.1, 0.15) is 12.7 Å². The third-order valence-electron chi connectivity index (χ3n) is 3.17. The van der Waals surface area contributed by atoms with Gasteiger partial charge in [-0.3, -0.25) is 4.84 Å². The number of rotatable bonds is 3. The number of fused-ring (bicyclic) bond motifs is 1. The van der Waals surface area contributed by atoms with Crippen LogP contribution in [0, 0.1) is 0 Å². The molecule has 0 radical (unpaired) electrons. The van der Waals surface area contributed by atoms with Crippen molar-refractivity contribution in [3.8, 4) is 0 Å². The first kappa shape index (κ1) is 12.5. The average Bonchev–Trinajstić information content (AvgIpc) is 2.95. The lowest BCUT2D eigenvalue weighted by atomic mass is 10.1. The maximum Gasteiger partial charge on any atom is 0.229 e. The van der Waals surface area contributed by atoms with Crippen LogP contribution in [0.25, 0.3) is 0 Å². The smallest absolute Gasteiger partial charge is 0.229 e.